The van der Waals surface area contributed by atoms with Crippen molar-refractivity contribution in [1.29, 1.82) is 0 Å². The van der Waals surface area contributed by atoms with Gasteiger partial charge in [0.25, 0.3) is 0 Å². The molecule has 2 nitrogen and oxygen atoms in total. The predicted molar refractivity (Wildman–Crippen MR) is 72.5 cm³/mol. The van der Waals surface area contributed by atoms with Gasteiger partial charge >= 0.3 is 0 Å². The van der Waals surface area contributed by atoms with Crippen molar-refractivity contribution >= 4 is 14.1 Å². The van der Waals surface area contributed by atoms with Gasteiger partial charge < -0.3 is 4.43 Å². The van der Waals surface area contributed by atoms with Crippen molar-refractivity contribution in [2.45, 2.75) is 58.2 Å². The Morgan fingerprint density at radius 3 is 2.35 bits per heavy atom. The van der Waals surface area contributed by atoms with E-state index in [9.17, 15) is 4.79 Å². The van der Waals surface area contributed by atoms with E-state index in [4.69, 9.17) is 4.43 Å². The molecule has 2 aliphatic carbocycles. The van der Waals surface area contributed by atoms with E-state index in [0.29, 0.717) is 28.6 Å². The van der Waals surface area contributed by atoms with Crippen LogP contribution in [0.1, 0.15) is 40.0 Å². The first-order valence-corrected chi connectivity index (χ1v) is 9.78. The van der Waals surface area contributed by atoms with Crippen molar-refractivity contribution in [3.63, 3.8) is 0 Å². The molecule has 2 rings (SSSR count). The summed E-state index contributed by atoms with van der Waals surface area (Å²) >= 11 is 0. The molecule has 0 amide bonds. The second-order valence-corrected chi connectivity index (χ2v) is 12.2. The third-order valence-electron chi connectivity index (χ3n) is 5.22. The summed E-state index contributed by atoms with van der Waals surface area (Å²) in [4.78, 5) is 11.5. The Labute approximate surface area is 106 Å². The first-order valence-electron chi connectivity index (χ1n) is 6.87. The fourth-order valence-electron chi connectivity index (χ4n) is 2.89. The average Bonchev–Trinajstić information content (AvgIpc) is 2.71. The summed E-state index contributed by atoms with van der Waals surface area (Å²) in [6.07, 6.45) is 3.07. The van der Waals surface area contributed by atoms with Crippen LogP contribution in [-0.2, 0) is 9.22 Å². The summed E-state index contributed by atoms with van der Waals surface area (Å²) in [6.45, 7) is 12.4. The molecule has 0 N–H and O–H groups in total. The molecule has 0 unspecified atom stereocenters. The van der Waals surface area contributed by atoms with Gasteiger partial charge in [-0.25, -0.2) is 0 Å². The van der Waals surface area contributed by atoms with Crippen molar-refractivity contribution < 1.29 is 9.22 Å². The van der Waals surface area contributed by atoms with Crippen LogP contribution >= 0.6 is 0 Å². The molecule has 0 aliphatic heterocycles. The third-order valence-corrected chi connectivity index (χ3v) is 9.73. The van der Waals surface area contributed by atoms with Crippen molar-refractivity contribution in [3.05, 3.63) is 0 Å². The van der Waals surface area contributed by atoms with Crippen molar-refractivity contribution in [2.24, 2.45) is 17.8 Å². The summed E-state index contributed by atoms with van der Waals surface area (Å²) in [5.41, 5.74) is 0. The molecule has 0 aromatic heterocycles. The lowest BCUT2D eigenvalue weighted by Gasteiger charge is -2.37. The zero-order valence-electron chi connectivity index (χ0n) is 11.9. The molecule has 0 spiro atoms. The zero-order chi connectivity index (χ0) is 12.8. The second-order valence-electron chi connectivity index (χ2n) is 7.43. The Hall–Kier alpha value is -0.153. The molecule has 0 aromatic rings. The molecular formula is C14H26O2Si. The van der Waals surface area contributed by atoms with E-state index >= 15 is 0 Å². The maximum Gasteiger partial charge on any atom is 0.191 e. The largest absolute Gasteiger partial charge is 0.417 e. The molecule has 2 aliphatic rings. The van der Waals surface area contributed by atoms with E-state index in [1.54, 1.807) is 0 Å². The van der Waals surface area contributed by atoms with E-state index in [-0.39, 0.29) is 0 Å². The highest BCUT2D eigenvalue weighted by Crippen LogP contribution is 2.47. The highest BCUT2D eigenvalue weighted by Gasteiger charge is 2.46. The Morgan fingerprint density at radius 1 is 1.29 bits per heavy atom. The summed E-state index contributed by atoms with van der Waals surface area (Å²) in [6, 6.07) is 0. The first-order chi connectivity index (χ1) is 7.71. The van der Waals surface area contributed by atoms with Crippen LogP contribution in [0.3, 0.4) is 0 Å². The summed E-state index contributed by atoms with van der Waals surface area (Å²) in [5, 5.41) is 0.292. The lowest BCUT2D eigenvalue weighted by molar-refractivity contribution is -0.122. The molecule has 0 radical (unpaired) electrons. The molecule has 0 aromatic carbocycles. The fraction of sp³-hybridized carbons (Fsp3) is 0.929. The topological polar surface area (TPSA) is 26.3 Å². The lowest BCUT2D eigenvalue weighted by Crippen LogP contribution is -2.42. The molecule has 3 atom stereocenters. The van der Waals surface area contributed by atoms with E-state index in [2.05, 4.69) is 33.9 Å². The number of rotatable bonds is 3. The monoisotopic (exact) mass is 254 g/mol. The van der Waals surface area contributed by atoms with Gasteiger partial charge in [-0.15, -0.1) is 0 Å². The highest BCUT2D eigenvalue weighted by atomic mass is 28.4. The number of fused-ring (bicyclic) bond motifs is 2. The molecule has 3 heteroatoms. The normalized spacial score (nSPS) is 33.5. The Kier molecular flexibility index (Phi) is 3.28. The molecule has 2 fully saturated rings. The molecule has 2 saturated carbocycles. The molecule has 0 heterocycles. The molecule has 2 bridgehead atoms. The summed E-state index contributed by atoms with van der Waals surface area (Å²) in [5.74, 6) is 2.19. The average molecular weight is 254 g/mol. The maximum absolute atomic E-state index is 11.5. The Bertz CT molecular complexity index is 317. The van der Waals surface area contributed by atoms with E-state index in [1.807, 2.05) is 0 Å². The van der Waals surface area contributed by atoms with Gasteiger partial charge in [0.2, 0.25) is 0 Å². The van der Waals surface area contributed by atoms with E-state index < -0.39 is 8.32 Å². The van der Waals surface area contributed by atoms with Gasteiger partial charge in [-0.05, 0) is 42.8 Å². The second kappa shape index (κ2) is 4.20. The van der Waals surface area contributed by atoms with E-state index in [1.165, 1.54) is 0 Å². The highest BCUT2D eigenvalue weighted by molar-refractivity contribution is 6.74. The number of hydrogen-bond acceptors (Lipinski definition) is 2. The van der Waals surface area contributed by atoms with Gasteiger partial charge in [-0.2, -0.15) is 0 Å². The molecule has 0 saturated heterocycles. The fourth-order valence-corrected chi connectivity index (χ4v) is 3.95. The SMILES string of the molecule is CC(C)(C)[Si](C)(C)OC[C@H]1C[C@@H]2C[C@H]1CC2=O. The van der Waals surface area contributed by atoms with Crippen LogP contribution in [-0.4, -0.2) is 20.7 Å². The van der Waals surface area contributed by atoms with E-state index in [0.717, 1.165) is 25.9 Å². The van der Waals surface area contributed by atoms with Crippen LogP contribution in [0.15, 0.2) is 0 Å². The van der Waals surface area contributed by atoms with Gasteiger partial charge in [0, 0.05) is 18.9 Å². The number of carbonyl (C=O) groups is 1. The quantitative estimate of drug-likeness (QED) is 0.719. The maximum atomic E-state index is 11.5. The van der Waals surface area contributed by atoms with Crippen LogP contribution in [0.25, 0.3) is 0 Å². The number of ketones is 1. The van der Waals surface area contributed by atoms with Gasteiger partial charge in [-0.1, -0.05) is 20.8 Å². The van der Waals surface area contributed by atoms with Crippen LogP contribution in [0.5, 0.6) is 0 Å². The number of Topliss-reactive ketones (excluding diaryl/α,β-unsaturated/α-hetero) is 1. The minimum Gasteiger partial charge on any atom is -0.417 e. The van der Waals surface area contributed by atoms with Crippen molar-refractivity contribution in [2.75, 3.05) is 6.61 Å². The minimum atomic E-state index is -1.60. The Morgan fingerprint density at radius 2 is 1.94 bits per heavy atom. The zero-order valence-corrected chi connectivity index (χ0v) is 12.9. The summed E-state index contributed by atoms with van der Waals surface area (Å²) < 4.78 is 6.29. The van der Waals surface area contributed by atoms with Gasteiger partial charge in [0.05, 0.1) is 0 Å². The lowest BCUT2D eigenvalue weighted by atomic mass is 9.89. The number of hydrogen-bond donors (Lipinski definition) is 0. The van der Waals surface area contributed by atoms with Crippen LogP contribution in [0, 0.1) is 17.8 Å². The Balaban J connectivity index is 1.87. The standard InChI is InChI=1S/C14H26O2Si/c1-14(2,3)17(4,5)16-9-12-7-11-6-10(12)8-13(11)15/h10-12H,6-9H2,1-5H3/t10-,11-,12+/m0/s1. The van der Waals surface area contributed by atoms with Gasteiger partial charge in [-0.3, -0.25) is 4.79 Å². The summed E-state index contributed by atoms with van der Waals surface area (Å²) in [7, 11) is -1.60. The molecule has 17 heavy (non-hydrogen) atoms. The smallest absolute Gasteiger partial charge is 0.191 e. The first kappa shape index (κ1) is 13.3. The van der Waals surface area contributed by atoms with Crippen molar-refractivity contribution in [3.8, 4) is 0 Å². The van der Waals surface area contributed by atoms with Crippen molar-refractivity contribution in [1.82, 2.24) is 0 Å². The van der Waals surface area contributed by atoms with Gasteiger partial charge in [0.1, 0.15) is 5.78 Å². The van der Waals surface area contributed by atoms with Crippen LogP contribution in [0.4, 0.5) is 0 Å². The third kappa shape index (κ3) is 2.50. The minimum absolute atomic E-state index is 0.292. The molecule has 98 valence electrons. The van der Waals surface area contributed by atoms with Crippen LogP contribution < -0.4 is 0 Å². The van der Waals surface area contributed by atoms with Gasteiger partial charge in [0.15, 0.2) is 8.32 Å². The van der Waals surface area contributed by atoms with Crippen LogP contribution in [0.2, 0.25) is 18.1 Å². The number of carbonyl (C=O) groups excluding carboxylic acids is 1. The molecular weight excluding hydrogens is 228 g/mol. The predicted octanol–water partition coefficient (Wildman–Crippen LogP) is 3.62.